The number of aromatic nitrogens is 1. The quantitative estimate of drug-likeness (QED) is 0.589. The smallest absolute Gasteiger partial charge is 0.258 e. The Morgan fingerprint density at radius 2 is 1.84 bits per heavy atom. The van der Waals surface area contributed by atoms with Crippen molar-refractivity contribution in [1.82, 2.24) is 9.47 Å². The lowest BCUT2D eigenvalue weighted by atomic mass is 9.82. The standard InChI is InChI=1S/C24H29N3O5/c1-25(2)12-17-5-3-4-6-19(17)20-7-8-21-18-9-16(11-27(21)24(20)31)10-26(13-18)22(28)14-32-15-23(29)30/h3-8,16,18H,9-15H2,1-2H3,(H,29,30)/t16-,18+/m0/s1. The first-order valence-electron chi connectivity index (χ1n) is 11.0. The molecule has 0 spiro atoms. The number of carboxylic acids is 1. The highest BCUT2D eigenvalue weighted by Crippen LogP contribution is 2.36. The molecule has 0 unspecified atom stereocenters. The minimum absolute atomic E-state index is 0.0236. The van der Waals surface area contributed by atoms with Crippen LogP contribution in [0.1, 0.15) is 23.6 Å². The zero-order valence-corrected chi connectivity index (χ0v) is 18.5. The average Bonchev–Trinajstić information content (AvgIpc) is 2.74. The Kier molecular flexibility index (Phi) is 6.43. The van der Waals surface area contributed by atoms with Crippen LogP contribution in [0.5, 0.6) is 0 Å². The largest absolute Gasteiger partial charge is 0.548 e. The lowest BCUT2D eigenvalue weighted by Crippen LogP contribution is -3.04. The van der Waals surface area contributed by atoms with Gasteiger partial charge in [-0.15, -0.1) is 0 Å². The highest BCUT2D eigenvalue weighted by atomic mass is 16.5. The van der Waals surface area contributed by atoms with Crippen LogP contribution in [-0.2, 0) is 27.4 Å². The average molecular weight is 440 g/mol. The van der Waals surface area contributed by atoms with E-state index < -0.39 is 12.6 Å². The summed E-state index contributed by atoms with van der Waals surface area (Å²) in [6.07, 6.45) is 0.934. The number of ether oxygens (including phenoxy) is 1. The Balaban J connectivity index is 1.58. The third-order valence-corrected chi connectivity index (χ3v) is 6.25. The zero-order valence-electron chi connectivity index (χ0n) is 18.5. The molecule has 2 aromatic rings. The van der Waals surface area contributed by atoms with Gasteiger partial charge in [0.2, 0.25) is 5.91 Å². The predicted octanol–water partition coefficient (Wildman–Crippen LogP) is -1.13. The predicted molar refractivity (Wildman–Crippen MR) is 116 cm³/mol. The molecular weight excluding hydrogens is 410 g/mol. The number of rotatable bonds is 7. The SMILES string of the molecule is C[NH+](C)Cc1ccccc1-c1ccc2n(c1=O)C[C@H]1C[C@@H]2CN(C(=O)COCC(=O)[O-])C1. The van der Waals surface area contributed by atoms with Crippen LogP contribution in [0, 0.1) is 5.92 Å². The number of benzene rings is 1. The van der Waals surface area contributed by atoms with Gasteiger partial charge in [0.05, 0.1) is 26.7 Å². The van der Waals surface area contributed by atoms with Crippen LogP contribution in [0.15, 0.2) is 41.2 Å². The van der Waals surface area contributed by atoms with Gasteiger partial charge < -0.3 is 29.0 Å². The number of nitrogens with zero attached hydrogens (tertiary/aromatic N) is 2. The molecular formula is C24H29N3O5. The summed E-state index contributed by atoms with van der Waals surface area (Å²) in [6, 6.07) is 12.0. The van der Waals surface area contributed by atoms with E-state index in [4.69, 9.17) is 4.74 Å². The van der Waals surface area contributed by atoms with Crippen molar-refractivity contribution in [1.29, 1.82) is 0 Å². The molecule has 2 atom stereocenters. The lowest BCUT2D eigenvalue weighted by molar-refractivity contribution is -0.872. The first kappa shape index (κ1) is 22.2. The minimum atomic E-state index is -1.34. The van der Waals surface area contributed by atoms with Gasteiger partial charge in [0, 0.05) is 42.4 Å². The van der Waals surface area contributed by atoms with Crippen molar-refractivity contribution < 1.29 is 24.3 Å². The van der Waals surface area contributed by atoms with E-state index in [1.54, 1.807) is 4.90 Å². The molecule has 0 aliphatic carbocycles. The minimum Gasteiger partial charge on any atom is -0.548 e. The number of carbonyl (C=O) groups excluding carboxylic acids is 2. The third-order valence-electron chi connectivity index (χ3n) is 6.25. The first-order valence-corrected chi connectivity index (χ1v) is 11.0. The van der Waals surface area contributed by atoms with Gasteiger partial charge in [0.1, 0.15) is 13.2 Å². The van der Waals surface area contributed by atoms with Crippen molar-refractivity contribution in [3.8, 4) is 11.1 Å². The summed E-state index contributed by atoms with van der Waals surface area (Å²) in [6.45, 7) is 1.58. The molecule has 2 aliphatic heterocycles. The maximum atomic E-state index is 13.5. The fraction of sp³-hybridized carbons (Fsp3) is 0.458. The van der Waals surface area contributed by atoms with Gasteiger partial charge in [0.25, 0.3) is 5.56 Å². The number of carboxylic acid groups (broad SMARTS) is 1. The van der Waals surface area contributed by atoms with Crippen LogP contribution in [0.25, 0.3) is 11.1 Å². The summed E-state index contributed by atoms with van der Waals surface area (Å²) in [5.41, 5.74) is 3.82. The first-order chi connectivity index (χ1) is 15.3. The number of pyridine rings is 1. The van der Waals surface area contributed by atoms with Gasteiger partial charge in [-0.3, -0.25) is 9.59 Å². The topological polar surface area (TPSA) is 96.1 Å². The van der Waals surface area contributed by atoms with Crippen molar-refractivity contribution in [3.05, 3.63) is 58.0 Å². The van der Waals surface area contributed by atoms with E-state index in [2.05, 4.69) is 20.2 Å². The van der Waals surface area contributed by atoms with Crippen LogP contribution in [-0.4, -0.2) is 61.7 Å². The van der Waals surface area contributed by atoms with E-state index in [0.29, 0.717) is 25.2 Å². The number of piperidine rings is 1. The van der Waals surface area contributed by atoms with Crippen molar-refractivity contribution in [2.24, 2.45) is 5.92 Å². The summed E-state index contributed by atoms with van der Waals surface area (Å²) >= 11 is 0. The van der Waals surface area contributed by atoms with Crippen molar-refractivity contribution in [2.45, 2.75) is 25.4 Å². The molecule has 4 rings (SSSR count). The molecule has 2 bridgehead atoms. The summed E-state index contributed by atoms with van der Waals surface area (Å²) in [5, 5.41) is 10.5. The van der Waals surface area contributed by atoms with E-state index in [1.807, 2.05) is 34.9 Å². The van der Waals surface area contributed by atoms with E-state index in [0.717, 1.165) is 29.8 Å². The fourth-order valence-electron chi connectivity index (χ4n) is 4.99. The summed E-state index contributed by atoms with van der Waals surface area (Å²) < 4.78 is 6.80. The monoisotopic (exact) mass is 439 g/mol. The number of nitrogens with one attached hydrogen (secondary N) is 1. The Bertz CT molecular complexity index is 1080. The lowest BCUT2D eigenvalue weighted by Gasteiger charge is -2.43. The zero-order chi connectivity index (χ0) is 22.8. The number of quaternary nitrogens is 1. The summed E-state index contributed by atoms with van der Waals surface area (Å²) in [5.74, 6) is -1.31. The van der Waals surface area contributed by atoms with Crippen molar-refractivity contribution in [2.75, 3.05) is 40.4 Å². The Hall–Kier alpha value is -2.97. The summed E-state index contributed by atoms with van der Waals surface area (Å²) in [7, 11) is 4.18. The number of likely N-dealkylation sites (tertiary alicyclic amines) is 1. The number of hydrogen-bond donors (Lipinski definition) is 1. The van der Waals surface area contributed by atoms with Crippen LogP contribution >= 0.6 is 0 Å². The van der Waals surface area contributed by atoms with Gasteiger partial charge in [-0.2, -0.15) is 0 Å². The second-order valence-corrected chi connectivity index (χ2v) is 9.09. The van der Waals surface area contributed by atoms with Crippen LogP contribution in [0.2, 0.25) is 0 Å². The second-order valence-electron chi connectivity index (χ2n) is 9.09. The second kappa shape index (κ2) is 9.26. The molecule has 3 heterocycles. The molecule has 0 radical (unpaired) electrons. The number of hydrogen-bond acceptors (Lipinski definition) is 5. The molecule has 1 aromatic carbocycles. The molecule has 1 amide bonds. The van der Waals surface area contributed by atoms with Gasteiger partial charge in [-0.25, -0.2) is 0 Å². The molecule has 2 aliphatic rings. The molecule has 8 heteroatoms. The van der Waals surface area contributed by atoms with E-state index in [9.17, 15) is 19.5 Å². The van der Waals surface area contributed by atoms with Crippen LogP contribution in [0.3, 0.4) is 0 Å². The molecule has 0 saturated carbocycles. The van der Waals surface area contributed by atoms with Gasteiger partial charge in [0.15, 0.2) is 0 Å². The Morgan fingerprint density at radius 1 is 1.06 bits per heavy atom. The highest BCUT2D eigenvalue weighted by molar-refractivity contribution is 5.78. The Morgan fingerprint density at radius 3 is 2.59 bits per heavy atom. The van der Waals surface area contributed by atoms with E-state index in [1.165, 1.54) is 4.90 Å². The van der Waals surface area contributed by atoms with Gasteiger partial charge in [-0.1, -0.05) is 24.3 Å². The van der Waals surface area contributed by atoms with Crippen molar-refractivity contribution >= 4 is 11.9 Å². The van der Waals surface area contributed by atoms with Gasteiger partial charge >= 0.3 is 0 Å². The maximum Gasteiger partial charge on any atom is 0.258 e. The number of aliphatic carboxylic acids is 1. The molecule has 1 N–H and O–H groups in total. The normalized spacial score (nSPS) is 19.7. The van der Waals surface area contributed by atoms with Crippen LogP contribution < -0.4 is 15.6 Å². The molecule has 1 fully saturated rings. The molecule has 1 saturated heterocycles. The highest BCUT2D eigenvalue weighted by Gasteiger charge is 2.36. The molecule has 8 nitrogen and oxygen atoms in total. The fourth-order valence-corrected chi connectivity index (χ4v) is 4.99. The van der Waals surface area contributed by atoms with Crippen molar-refractivity contribution in [3.63, 3.8) is 0 Å². The summed E-state index contributed by atoms with van der Waals surface area (Å²) in [4.78, 5) is 39.5. The number of carbonyl (C=O) groups is 2. The maximum absolute atomic E-state index is 13.5. The van der Waals surface area contributed by atoms with E-state index in [-0.39, 0.29) is 29.9 Å². The Labute approximate surface area is 187 Å². The van der Waals surface area contributed by atoms with Gasteiger partial charge in [-0.05, 0) is 30.0 Å². The number of fused-ring (bicyclic) bond motifs is 4. The van der Waals surface area contributed by atoms with Crippen LogP contribution in [0.4, 0.5) is 0 Å². The molecule has 1 aromatic heterocycles. The molecule has 32 heavy (non-hydrogen) atoms. The number of amides is 1. The van der Waals surface area contributed by atoms with E-state index >= 15 is 0 Å². The third kappa shape index (κ3) is 4.61. The molecule has 170 valence electrons.